The van der Waals surface area contributed by atoms with E-state index in [2.05, 4.69) is 5.32 Å². The zero-order valence-electron chi connectivity index (χ0n) is 11.4. The van der Waals surface area contributed by atoms with E-state index in [9.17, 15) is 9.59 Å². The molecule has 0 aliphatic heterocycles. The van der Waals surface area contributed by atoms with Crippen LogP contribution in [0.1, 0.15) is 36.0 Å². The maximum Gasteiger partial charge on any atom is 0.310 e. The van der Waals surface area contributed by atoms with Crippen LogP contribution >= 0.6 is 11.6 Å². The molecule has 4 nitrogen and oxygen atoms in total. The molecule has 2 atom stereocenters. The van der Waals surface area contributed by atoms with Gasteiger partial charge in [-0.25, -0.2) is 0 Å². The minimum Gasteiger partial charge on any atom is -0.469 e. The molecule has 20 heavy (non-hydrogen) atoms. The van der Waals surface area contributed by atoms with E-state index in [0.29, 0.717) is 10.6 Å². The first kappa shape index (κ1) is 14.9. The van der Waals surface area contributed by atoms with Crippen LogP contribution in [0.15, 0.2) is 24.3 Å². The number of methoxy groups -OCH3 is 1. The number of nitrogens with one attached hydrogen (secondary N) is 1. The molecule has 0 spiro atoms. The maximum absolute atomic E-state index is 12.2. The highest BCUT2D eigenvalue weighted by atomic mass is 35.5. The van der Waals surface area contributed by atoms with Gasteiger partial charge in [0, 0.05) is 16.6 Å². The van der Waals surface area contributed by atoms with E-state index in [1.807, 2.05) is 0 Å². The van der Waals surface area contributed by atoms with E-state index in [4.69, 9.17) is 16.3 Å². The van der Waals surface area contributed by atoms with Gasteiger partial charge in [-0.05, 0) is 37.1 Å². The van der Waals surface area contributed by atoms with Crippen LogP contribution in [0.4, 0.5) is 0 Å². The number of hydrogen-bond acceptors (Lipinski definition) is 3. The second-order valence-corrected chi connectivity index (χ2v) is 5.44. The predicted molar refractivity (Wildman–Crippen MR) is 76.7 cm³/mol. The van der Waals surface area contributed by atoms with Crippen molar-refractivity contribution in [3.8, 4) is 0 Å². The molecule has 0 unspecified atom stereocenters. The van der Waals surface area contributed by atoms with Gasteiger partial charge in [0.05, 0.1) is 13.0 Å². The van der Waals surface area contributed by atoms with Gasteiger partial charge in [0.1, 0.15) is 0 Å². The third-order valence-electron chi connectivity index (χ3n) is 3.69. The lowest BCUT2D eigenvalue weighted by Crippen LogP contribution is -2.45. The number of esters is 1. The Kier molecular flexibility index (Phi) is 5.01. The molecule has 0 bridgehead atoms. The van der Waals surface area contributed by atoms with Gasteiger partial charge >= 0.3 is 5.97 Å². The Balaban J connectivity index is 2.04. The van der Waals surface area contributed by atoms with E-state index in [-0.39, 0.29) is 23.8 Å². The van der Waals surface area contributed by atoms with Crippen molar-refractivity contribution in [2.45, 2.75) is 31.7 Å². The number of amides is 1. The molecule has 1 fully saturated rings. The summed E-state index contributed by atoms with van der Waals surface area (Å²) in [6.45, 7) is 0. The van der Waals surface area contributed by atoms with E-state index in [0.717, 1.165) is 25.7 Å². The summed E-state index contributed by atoms with van der Waals surface area (Å²) in [4.78, 5) is 23.9. The molecule has 1 amide bonds. The van der Waals surface area contributed by atoms with E-state index < -0.39 is 0 Å². The molecule has 0 saturated heterocycles. The third kappa shape index (κ3) is 3.51. The predicted octanol–water partition coefficient (Wildman–Crippen LogP) is 2.80. The Morgan fingerprint density at radius 2 is 1.85 bits per heavy atom. The summed E-state index contributed by atoms with van der Waals surface area (Å²) in [6.07, 6.45) is 3.57. The molecular weight excluding hydrogens is 278 g/mol. The average molecular weight is 296 g/mol. The monoisotopic (exact) mass is 295 g/mol. The van der Waals surface area contributed by atoms with Crippen LogP contribution in [0.3, 0.4) is 0 Å². The molecule has 2 rings (SSSR count). The maximum atomic E-state index is 12.2. The van der Waals surface area contributed by atoms with Crippen LogP contribution in [-0.4, -0.2) is 25.0 Å². The van der Waals surface area contributed by atoms with Crippen molar-refractivity contribution in [3.63, 3.8) is 0 Å². The zero-order valence-corrected chi connectivity index (χ0v) is 12.2. The highest BCUT2D eigenvalue weighted by Gasteiger charge is 2.32. The van der Waals surface area contributed by atoms with Crippen molar-refractivity contribution in [1.82, 2.24) is 5.32 Å². The number of carbonyl (C=O) groups excluding carboxylic acids is 2. The van der Waals surface area contributed by atoms with Gasteiger partial charge in [0.2, 0.25) is 0 Å². The third-order valence-corrected chi connectivity index (χ3v) is 3.94. The van der Waals surface area contributed by atoms with E-state index >= 15 is 0 Å². The first-order valence-corrected chi connectivity index (χ1v) is 7.14. The fourth-order valence-corrected chi connectivity index (χ4v) is 2.72. The Morgan fingerprint density at radius 1 is 1.20 bits per heavy atom. The number of benzene rings is 1. The van der Waals surface area contributed by atoms with Gasteiger partial charge in [-0.2, -0.15) is 0 Å². The molecule has 0 aromatic heterocycles. The summed E-state index contributed by atoms with van der Waals surface area (Å²) in [7, 11) is 1.38. The second kappa shape index (κ2) is 6.75. The number of hydrogen-bond donors (Lipinski definition) is 1. The topological polar surface area (TPSA) is 55.4 Å². The molecule has 0 radical (unpaired) electrons. The van der Waals surface area contributed by atoms with Crippen molar-refractivity contribution in [1.29, 1.82) is 0 Å². The molecule has 1 aromatic carbocycles. The fraction of sp³-hybridized carbons (Fsp3) is 0.467. The van der Waals surface area contributed by atoms with Crippen molar-refractivity contribution in [3.05, 3.63) is 34.9 Å². The Morgan fingerprint density at radius 3 is 2.50 bits per heavy atom. The summed E-state index contributed by atoms with van der Waals surface area (Å²) in [5.41, 5.74) is 0.545. The smallest absolute Gasteiger partial charge is 0.310 e. The standard InChI is InChI=1S/C15H18ClNO3/c1-20-15(19)12-4-2-3-5-13(12)17-14(18)10-6-8-11(16)9-7-10/h6-9,12-13H,2-5H2,1H3,(H,17,18)/t12-,13-/m0/s1. The van der Waals surface area contributed by atoms with Crippen LogP contribution < -0.4 is 5.32 Å². The molecular formula is C15H18ClNO3. The quantitative estimate of drug-likeness (QED) is 0.873. The van der Waals surface area contributed by atoms with Crippen molar-refractivity contribution in [2.24, 2.45) is 5.92 Å². The molecule has 5 heteroatoms. The fourth-order valence-electron chi connectivity index (χ4n) is 2.59. The van der Waals surface area contributed by atoms with E-state index in [1.165, 1.54) is 7.11 Å². The first-order chi connectivity index (χ1) is 9.61. The summed E-state index contributed by atoms with van der Waals surface area (Å²) >= 11 is 5.80. The Labute approximate surface area is 123 Å². The molecule has 1 aromatic rings. The van der Waals surface area contributed by atoms with Gasteiger partial charge in [0.15, 0.2) is 0 Å². The Bertz CT molecular complexity index is 486. The highest BCUT2D eigenvalue weighted by Crippen LogP contribution is 2.25. The lowest BCUT2D eigenvalue weighted by Gasteiger charge is -2.30. The van der Waals surface area contributed by atoms with Crippen LogP contribution in [-0.2, 0) is 9.53 Å². The van der Waals surface area contributed by atoms with E-state index in [1.54, 1.807) is 24.3 Å². The van der Waals surface area contributed by atoms with Crippen LogP contribution in [0.25, 0.3) is 0 Å². The first-order valence-electron chi connectivity index (χ1n) is 6.76. The minimum absolute atomic E-state index is 0.153. The summed E-state index contributed by atoms with van der Waals surface area (Å²) < 4.78 is 4.82. The number of carbonyl (C=O) groups is 2. The van der Waals surface area contributed by atoms with Crippen molar-refractivity contribution in [2.75, 3.05) is 7.11 Å². The van der Waals surface area contributed by atoms with Crippen LogP contribution in [0.5, 0.6) is 0 Å². The lowest BCUT2D eigenvalue weighted by atomic mass is 9.84. The van der Waals surface area contributed by atoms with Crippen molar-refractivity contribution >= 4 is 23.5 Å². The lowest BCUT2D eigenvalue weighted by molar-refractivity contribution is -0.147. The normalized spacial score (nSPS) is 22.1. The van der Waals surface area contributed by atoms with Gasteiger partial charge in [-0.3, -0.25) is 9.59 Å². The average Bonchev–Trinajstić information content (AvgIpc) is 2.47. The molecule has 1 aliphatic rings. The largest absolute Gasteiger partial charge is 0.469 e. The number of halogens is 1. The van der Waals surface area contributed by atoms with Gasteiger partial charge in [0.25, 0.3) is 5.91 Å². The van der Waals surface area contributed by atoms with Crippen molar-refractivity contribution < 1.29 is 14.3 Å². The molecule has 108 valence electrons. The molecule has 1 aliphatic carbocycles. The van der Waals surface area contributed by atoms with Gasteiger partial charge < -0.3 is 10.1 Å². The molecule has 1 saturated carbocycles. The summed E-state index contributed by atoms with van der Waals surface area (Å²) in [6, 6.07) is 6.55. The molecule has 1 N–H and O–H groups in total. The second-order valence-electron chi connectivity index (χ2n) is 5.00. The summed E-state index contributed by atoms with van der Waals surface area (Å²) in [5, 5.41) is 3.53. The number of rotatable bonds is 3. The summed E-state index contributed by atoms with van der Waals surface area (Å²) in [5.74, 6) is -0.668. The minimum atomic E-state index is -0.245. The number of ether oxygens (including phenoxy) is 1. The molecule has 0 heterocycles. The SMILES string of the molecule is COC(=O)[C@H]1CCCC[C@@H]1NC(=O)c1ccc(Cl)cc1. The van der Waals surface area contributed by atoms with Gasteiger partial charge in [-0.1, -0.05) is 24.4 Å². The highest BCUT2D eigenvalue weighted by molar-refractivity contribution is 6.30. The Hall–Kier alpha value is -1.55. The van der Waals surface area contributed by atoms with Crippen LogP contribution in [0, 0.1) is 5.92 Å². The van der Waals surface area contributed by atoms with Crippen LogP contribution in [0.2, 0.25) is 5.02 Å². The zero-order chi connectivity index (χ0) is 14.5. The van der Waals surface area contributed by atoms with Gasteiger partial charge in [-0.15, -0.1) is 0 Å².